The summed E-state index contributed by atoms with van der Waals surface area (Å²) in [6, 6.07) is 16.5. The summed E-state index contributed by atoms with van der Waals surface area (Å²) in [6.45, 7) is 6.75. The molecule has 4 heteroatoms. The first kappa shape index (κ1) is 15.9. The fraction of sp³-hybridized carbons (Fsp3) is 0.364. The Morgan fingerprint density at radius 3 is 1.27 bits per heavy atom. The predicted molar refractivity (Wildman–Crippen MR) is 101 cm³/mol. The molecule has 2 heterocycles. The summed E-state index contributed by atoms with van der Waals surface area (Å²) >= 11 is 0. The zero-order valence-corrected chi connectivity index (χ0v) is 15.1. The van der Waals surface area contributed by atoms with Crippen molar-refractivity contribution in [3.8, 4) is 11.5 Å². The van der Waals surface area contributed by atoms with E-state index in [1.54, 1.807) is 0 Å². The van der Waals surface area contributed by atoms with Crippen molar-refractivity contribution in [2.24, 2.45) is 0 Å². The van der Waals surface area contributed by atoms with Crippen LogP contribution in [0.5, 0.6) is 11.5 Å². The van der Waals surface area contributed by atoms with E-state index in [1.165, 1.54) is 0 Å². The van der Waals surface area contributed by atoms with Crippen molar-refractivity contribution in [1.29, 1.82) is 0 Å². The predicted octanol–water partition coefficient (Wildman–Crippen LogP) is 4.33. The molecule has 2 fully saturated rings. The maximum atomic E-state index is 6.27. The van der Waals surface area contributed by atoms with Gasteiger partial charge >= 0.3 is 0 Å². The van der Waals surface area contributed by atoms with Gasteiger partial charge < -0.3 is 18.9 Å². The Balaban J connectivity index is 1.65. The summed E-state index contributed by atoms with van der Waals surface area (Å²) in [6.07, 6.45) is 0. The van der Waals surface area contributed by atoms with E-state index < -0.39 is 0 Å². The lowest BCUT2D eigenvalue weighted by molar-refractivity contribution is 0.203. The van der Waals surface area contributed by atoms with Crippen LogP contribution in [0.1, 0.15) is 13.8 Å². The fourth-order valence-electron chi connectivity index (χ4n) is 3.22. The number of ether oxygens (including phenoxy) is 4. The molecule has 134 valence electrons. The van der Waals surface area contributed by atoms with Crippen LogP contribution in [0.2, 0.25) is 0 Å². The molecule has 3 aromatic carbocycles. The van der Waals surface area contributed by atoms with E-state index in [4.69, 9.17) is 18.9 Å². The molecule has 4 nitrogen and oxygen atoms in total. The number of hydrogen-bond donors (Lipinski definition) is 0. The molecular weight excluding hydrogens is 328 g/mol. The molecule has 0 saturated carbocycles. The molecule has 26 heavy (non-hydrogen) atoms. The van der Waals surface area contributed by atoms with Gasteiger partial charge in [0.15, 0.2) is 0 Å². The van der Waals surface area contributed by atoms with Crippen LogP contribution in [0.3, 0.4) is 0 Å². The topological polar surface area (TPSA) is 43.5 Å². The zero-order valence-electron chi connectivity index (χ0n) is 15.1. The minimum absolute atomic E-state index is 0.157. The largest absolute Gasteiger partial charge is 0.489 e. The molecule has 2 unspecified atom stereocenters. The maximum Gasteiger partial charge on any atom is 0.135 e. The van der Waals surface area contributed by atoms with E-state index in [0.29, 0.717) is 13.2 Å². The van der Waals surface area contributed by atoms with Crippen LogP contribution in [0, 0.1) is 0 Å². The van der Waals surface area contributed by atoms with Crippen molar-refractivity contribution in [3.63, 3.8) is 0 Å². The van der Waals surface area contributed by atoms with Crippen LogP contribution < -0.4 is 9.47 Å². The lowest BCUT2D eigenvalue weighted by Gasteiger charge is -2.19. The third kappa shape index (κ3) is 2.79. The van der Waals surface area contributed by atoms with Gasteiger partial charge in [-0.3, -0.25) is 0 Å². The standard InChI is InChI=1S/C22H22O4/c1-21(13-25-21)11-23-19-15-7-3-5-9-17(15)20(24-12-22(2)14-26-22)18-10-6-4-8-16(18)19/h3-10H,11-14H2,1-2H3. The van der Waals surface area contributed by atoms with Crippen molar-refractivity contribution in [3.05, 3.63) is 48.5 Å². The van der Waals surface area contributed by atoms with Crippen molar-refractivity contribution < 1.29 is 18.9 Å². The Morgan fingerprint density at radius 2 is 1.00 bits per heavy atom. The normalized spacial score (nSPS) is 26.8. The zero-order chi connectivity index (χ0) is 17.8. The highest BCUT2D eigenvalue weighted by Gasteiger charge is 2.41. The second kappa shape index (κ2) is 5.60. The minimum Gasteiger partial charge on any atom is -0.489 e. The first-order chi connectivity index (χ1) is 12.6. The van der Waals surface area contributed by atoms with E-state index in [9.17, 15) is 0 Å². The van der Waals surface area contributed by atoms with E-state index >= 15 is 0 Å². The average molecular weight is 350 g/mol. The second-order valence-electron chi connectivity index (χ2n) is 7.80. The molecular formula is C22H22O4. The van der Waals surface area contributed by atoms with Crippen LogP contribution >= 0.6 is 0 Å². The second-order valence-corrected chi connectivity index (χ2v) is 7.80. The first-order valence-electron chi connectivity index (χ1n) is 9.04. The van der Waals surface area contributed by atoms with Crippen LogP contribution in [-0.4, -0.2) is 37.6 Å². The Labute approximate surface area is 152 Å². The molecule has 2 saturated heterocycles. The monoisotopic (exact) mass is 350 g/mol. The Morgan fingerprint density at radius 1 is 0.692 bits per heavy atom. The van der Waals surface area contributed by atoms with Gasteiger partial charge in [0.25, 0.3) is 0 Å². The molecule has 0 bridgehead atoms. The van der Waals surface area contributed by atoms with Gasteiger partial charge in [0.05, 0.1) is 13.2 Å². The highest BCUT2D eigenvalue weighted by molar-refractivity contribution is 6.11. The molecule has 0 radical (unpaired) electrons. The van der Waals surface area contributed by atoms with Gasteiger partial charge in [-0.15, -0.1) is 0 Å². The molecule has 0 N–H and O–H groups in total. The highest BCUT2D eigenvalue weighted by Crippen LogP contribution is 2.44. The van der Waals surface area contributed by atoms with Crippen molar-refractivity contribution in [2.75, 3.05) is 26.4 Å². The van der Waals surface area contributed by atoms with Gasteiger partial charge in [0.2, 0.25) is 0 Å². The van der Waals surface area contributed by atoms with Crippen LogP contribution in [-0.2, 0) is 9.47 Å². The van der Waals surface area contributed by atoms with E-state index in [2.05, 4.69) is 38.1 Å². The summed E-state index contributed by atoms with van der Waals surface area (Å²) in [5.74, 6) is 1.79. The molecule has 2 aliphatic heterocycles. The molecule has 5 rings (SSSR count). The molecule has 2 aliphatic rings. The number of rotatable bonds is 6. The number of benzene rings is 3. The number of epoxide rings is 2. The summed E-state index contributed by atoms with van der Waals surface area (Å²) in [4.78, 5) is 0. The quantitative estimate of drug-likeness (QED) is 0.490. The van der Waals surface area contributed by atoms with Gasteiger partial charge in [0, 0.05) is 21.5 Å². The van der Waals surface area contributed by atoms with Gasteiger partial charge in [0.1, 0.15) is 35.9 Å². The third-order valence-electron chi connectivity index (χ3n) is 5.15. The Hall–Kier alpha value is -2.30. The lowest BCUT2D eigenvalue weighted by Crippen LogP contribution is -2.18. The average Bonchev–Trinajstić information content (AvgIpc) is 3.57. The molecule has 0 amide bonds. The smallest absolute Gasteiger partial charge is 0.135 e. The van der Waals surface area contributed by atoms with Gasteiger partial charge in [-0.2, -0.15) is 0 Å². The lowest BCUT2D eigenvalue weighted by atomic mass is 10.0. The number of hydrogen-bond acceptors (Lipinski definition) is 4. The van der Waals surface area contributed by atoms with E-state index in [0.717, 1.165) is 46.3 Å². The van der Waals surface area contributed by atoms with Crippen LogP contribution in [0.15, 0.2) is 48.5 Å². The van der Waals surface area contributed by atoms with Crippen molar-refractivity contribution >= 4 is 21.5 Å². The Bertz CT molecular complexity index is 849. The summed E-state index contributed by atoms with van der Waals surface area (Å²) in [7, 11) is 0. The van der Waals surface area contributed by atoms with Gasteiger partial charge in [-0.05, 0) is 13.8 Å². The van der Waals surface area contributed by atoms with Crippen molar-refractivity contribution in [2.45, 2.75) is 25.0 Å². The highest BCUT2D eigenvalue weighted by atomic mass is 16.6. The molecule has 3 aromatic rings. The maximum absolute atomic E-state index is 6.27. The Kier molecular flexibility index (Phi) is 3.43. The van der Waals surface area contributed by atoms with Gasteiger partial charge in [-0.25, -0.2) is 0 Å². The number of fused-ring (bicyclic) bond motifs is 2. The van der Waals surface area contributed by atoms with Crippen LogP contribution in [0.25, 0.3) is 21.5 Å². The van der Waals surface area contributed by atoms with E-state index in [1.807, 2.05) is 24.3 Å². The first-order valence-corrected chi connectivity index (χ1v) is 9.04. The van der Waals surface area contributed by atoms with Gasteiger partial charge in [-0.1, -0.05) is 48.5 Å². The van der Waals surface area contributed by atoms with E-state index in [-0.39, 0.29) is 11.2 Å². The molecule has 0 aliphatic carbocycles. The summed E-state index contributed by atoms with van der Waals surface area (Å²) in [5.41, 5.74) is -0.315. The molecule has 0 spiro atoms. The summed E-state index contributed by atoms with van der Waals surface area (Å²) < 4.78 is 23.5. The fourth-order valence-corrected chi connectivity index (χ4v) is 3.22. The van der Waals surface area contributed by atoms with Crippen LogP contribution in [0.4, 0.5) is 0 Å². The summed E-state index contributed by atoms with van der Waals surface area (Å²) in [5, 5.41) is 4.25. The molecule has 0 aromatic heterocycles. The molecule has 2 atom stereocenters. The SMILES string of the molecule is CC1(COc2c3ccccc3c(OCC3(C)CO3)c3ccccc23)CO1. The minimum atomic E-state index is -0.157. The third-order valence-corrected chi connectivity index (χ3v) is 5.15. The van der Waals surface area contributed by atoms with Crippen molar-refractivity contribution in [1.82, 2.24) is 0 Å².